The van der Waals surface area contributed by atoms with Crippen LogP contribution in [0.25, 0.3) is 0 Å². The number of carbonyl (C=O) groups is 2. The molecule has 0 aliphatic rings. The Balaban J connectivity index is 2.47. The summed E-state index contributed by atoms with van der Waals surface area (Å²) in [6, 6.07) is 8.62. The van der Waals surface area contributed by atoms with Gasteiger partial charge in [0.15, 0.2) is 0 Å². The molecule has 3 N–H and O–H groups in total. The molecule has 0 aromatic heterocycles. The lowest BCUT2D eigenvalue weighted by Crippen LogP contribution is -2.48. The summed E-state index contributed by atoms with van der Waals surface area (Å²) >= 11 is 0. The molecule has 2 amide bonds. The fourth-order valence-corrected chi connectivity index (χ4v) is 1.62. The van der Waals surface area contributed by atoms with Gasteiger partial charge in [0.25, 0.3) is 0 Å². The second-order valence-electron chi connectivity index (χ2n) is 4.47. The Morgan fingerprint density at radius 3 is 2.47 bits per heavy atom. The van der Waals surface area contributed by atoms with Crippen LogP contribution in [0.2, 0.25) is 0 Å². The van der Waals surface area contributed by atoms with Gasteiger partial charge in [0.2, 0.25) is 5.91 Å². The molecular formula is C14H20N2O3. The van der Waals surface area contributed by atoms with Crippen molar-refractivity contribution in [2.45, 2.75) is 32.9 Å². The second-order valence-corrected chi connectivity index (χ2v) is 4.47. The average Bonchev–Trinajstić information content (AvgIpc) is 2.42. The number of hydrogen-bond donors (Lipinski definition) is 2. The van der Waals surface area contributed by atoms with Crippen LogP contribution < -0.4 is 11.1 Å². The van der Waals surface area contributed by atoms with Gasteiger partial charge in [-0.25, -0.2) is 4.79 Å². The Morgan fingerprint density at radius 2 is 1.95 bits per heavy atom. The third kappa shape index (κ3) is 4.99. The minimum atomic E-state index is -0.701. The maximum atomic E-state index is 11.6. The summed E-state index contributed by atoms with van der Waals surface area (Å²) in [5.41, 5.74) is 6.15. The summed E-state index contributed by atoms with van der Waals surface area (Å²) in [5.74, 6) is -0.576. The van der Waals surface area contributed by atoms with Crippen LogP contribution in [-0.4, -0.2) is 18.0 Å². The summed E-state index contributed by atoms with van der Waals surface area (Å²) in [5, 5.41) is 2.50. The molecule has 0 bridgehead atoms. The van der Waals surface area contributed by atoms with E-state index in [1.807, 2.05) is 44.2 Å². The van der Waals surface area contributed by atoms with Gasteiger partial charge in [-0.1, -0.05) is 50.6 Å². The number of rotatable bonds is 6. The largest absolute Gasteiger partial charge is 0.445 e. The van der Waals surface area contributed by atoms with Crippen LogP contribution in [0.4, 0.5) is 4.79 Å². The van der Waals surface area contributed by atoms with E-state index >= 15 is 0 Å². The number of primary amides is 1. The van der Waals surface area contributed by atoms with Crippen molar-refractivity contribution in [2.24, 2.45) is 11.7 Å². The molecule has 19 heavy (non-hydrogen) atoms. The molecule has 0 heterocycles. The van der Waals surface area contributed by atoms with Gasteiger partial charge in [0.05, 0.1) is 0 Å². The summed E-state index contributed by atoms with van der Waals surface area (Å²) < 4.78 is 5.05. The normalized spacial score (nSPS) is 13.4. The third-order valence-corrected chi connectivity index (χ3v) is 3.01. The van der Waals surface area contributed by atoms with Gasteiger partial charge in [-0.3, -0.25) is 4.79 Å². The van der Waals surface area contributed by atoms with Crippen LogP contribution in [0.3, 0.4) is 0 Å². The molecule has 1 rings (SSSR count). The number of benzene rings is 1. The fourth-order valence-electron chi connectivity index (χ4n) is 1.62. The molecule has 5 nitrogen and oxygen atoms in total. The lowest BCUT2D eigenvalue weighted by atomic mass is 9.99. The van der Waals surface area contributed by atoms with E-state index in [0.29, 0.717) is 0 Å². The van der Waals surface area contributed by atoms with Gasteiger partial charge < -0.3 is 15.8 Å². The molecule has 1 aromatic carbocycles. The van der Waals surface area contributed by atoms with Gasteiger partial charge in [-0.05, 0) is 11.5 Å². The minimum Gasteiger partial charge on any atom is -0.445 e. The van der Waals surface area contributed by atoms with E-state index in [-0.39, 0.29) is 12.5 Å². The van der Waals surface area contributed by atoms with Gasteiger partial charge in [-0.15, -0.1) is 0 Å². The van der Waals surface area contributed by atoms with Crippen LogP contribution in [0, 0.1) is 5.92 Å². The molecule has 0 saturated heterocycles. The smallest absolute Gasteiger partial charge is 0.408 e. The molecule has 5 heteroatoms. The van der Waals surface area contributed by atoms with E-state index < -0.39 is 18.0 Å². The van der Waals surface area contributed by atoms with Gasteiger partial charge >= 0.3 is 6.09 Å². The fraction of sp³-hybridized carbons (Fsp3) is 0.429. The summed E-state index contributed by atoms with van der Waals surface area (Å²) in [6.07, 6.45) is 0.111. The first-order chi connectivity index (χ1) is 9.04. The van der Waals surface area contributed by atoms with E-state index in [1.165, 1.54) is 0 Å². The Hall–Kier alpha value is -2.04. The predicted molar refractivity (Wildman–Crippen MR) is 72.2 cm³/mol. The Labute approximate surface area is 113 Å². The number of hydrogen-bond acceptors (Lipinski definition) is 3. The molecule has 0 aliphatic heterocycles. The highest BCUT2D eigenvalue weighted by Gasteiger charge is 2.24. The Kier molecular flexibility index (Phi) is 5.85. The van der Waals surface area contributed by atoms with E-state index in [4.69, 9.17) is 10.5 Å². The molecular weight excluding hydrogens is 244 g/mol. The van der Waals surface area contributed by atoms with Gasteiger partial charge in [0.1, 0.15) is 12.6 Å². The maximum Gasteiger partial charge on any atom is 0.408 e. The average molecular weight is 264 g/mol. The first-order valence-electron chi connectivity index (χ1n) is 6.31. The lowest BCUT2D eigenvalue weighted by molar-refractivity contribution is -0.121. The van der Waals surface area contributed by atoms with Crippen LogP contribution in [0.15, 0.2) is 30.3 Å². The number of alkyl carbamates (subject to hydrolysis) is 1. The Morgan fingerprint density at radius 1 is 1.32 bits per heavy atom. The highest BCUT2D eigenvalue weighted by molar-refractivity contribution is 5.84. The van der Waals surface area contributed by atoms with Crippen molar-refractivity contribution < 1.29 is 14.3 Å². The molecule has 0 radical (unpaired) electrons. The minimum absolute atomic E-state index is 0.0261. The molecule has 104 valence electrons. The van der Waals surface area contributed by atoms with Crippen molar-refractivity contribution in [2.75, 3.05) is 0 Å². The van der Waals surface area contributed by atoms with Crippen LogP contribution in [0.5, 0.6) is 0 Å². The molecule has 2 atom stereocenters. The SMILES string of the molecule is CC[C@@H](C)[C@@H](NC(=O)OCc1ccccc1)C(N)=O. The van der Waals surface area contributed by atoms with E-state index in [9.17, 15) is 9.59 Å². The summed E-state index contributed by atoms with van der Waals surface area (Å²) in [4.78, 5) is 22.9. The van der Waals surface area contributed by atoms with Crippen LogP contribution in [-0.2, 0) is 16.1 Å². The van der Waals surface area contributed by atoms with Crippen molar-refractivity contribution in [3.63, 3.8) is 0 Å². The van der Waals surface area contributed by atoms with Crippen molar-refractivity contribution >= 4 is 12.0 Å². The standard InChI is InChI=1S/C14H20N2O3/c1-3-10(2)12(13(15)17)16-14(18)19-9-11-7-5-4-6-8-11/h4-8,10,12H,3,9H2,1-2H3,(H2,15,17)(H,16,18)/t10-,12-/m1/s1. The second kappa shape index (κ2) is 7.41. The van der Waals surface area contributed by atoms with Gasteiger partial charge in [-0.2, -0.15) is 0 Å². The molecule has 1 aromatic rings. The van der Waals surface area contributed by atoms with E-state index in [1.54, 1.807) is 0 Å². The molecule has 0 unspecified atom stereocenters. The quantitative estimate of drug-likeness (QED) is 0.822. The topological polar surface area (TPSA) is 81.4 Å². The number of ether oxygens (including phenoxy) is 1. The molecule has 0 fully saturated rings. The monoisotopic (exact) mass is 264 g/mol. The van der Waals surface area contributed by atoms with E-state index in [0.717, 1.165) is 12.0 Å². The number of amides is 2. The highest BCUT2D eigenvalue weighted by atomic mass is 16.5. The summed E-state index contributed by atoms with van der Waals surface area (Å²) in [7, 11) is 0. The van der Waals surface area contributed by atoms with Crippen LogP contribution in [0.1, 0.15) is 25.8 Å². The number of carbonyl (C=O) groups excluding carboxylic acids is 2. The zero-order chi connectivity index (χ0) is 14.3. The zero-order valence-electron chi connectivity index (χ0n) is 11.3. The van der Waals surface area contributed by atoms with Crippen LogP contribution >= 0.6 is 0 Å². The van der Waals surface area contributed by atoms with Gasteiger partial charge in [0, 0.05) is 0 Å². The molecule has 0 saturated carbocycles. The summed E-state index contributed by atoms with van der Waals surface area (Å²) in [6.45, 7) is 3.95. The van der Waals surface area contributed by atoms with Crippen molar-refractivity contribution in [1.82, 2.24) is 5.32 Å². The molecule has 0 aliphatic carbocycles. The van der Waals surface area contributed by atoms with E-state index in [2.05, 4.69) is 5.32 Å². The van der Waals surface area contributed by atoms with Crippen molar-refractivity contribution in [3.8, 4) is 0 Å². The third-order valence-electron chi connectivity index (χ3n) is 3.01. The number of nitrogens with one attached hydrogen (secondary N) is 1. The highest BCUT2D eigenvalue weighted by Crippen LogP contribution is 2.08. The Bertz CT molecular complexity index is 420. The predicted octanol–water partition coefficient (Wildman–Crippen LogP) is 1.81. The lowest BCUT2D eigenvalue weighted by Gasteiger charge is -2.20. The zero-order valence-corrected chi connectivity index (χ0v) is 11.3. The number of nitrogens with two attached hydrogens (primary N) is 1. The molecule has 0 spiro atoms. The first-order valence-corrected chi connectivity index (χ1v) is 6.31. The maximum absolute atomic E-state index is 11.6. The van der Waals surface area contributed by atoms with Crippen molar-refractivity contribution in [1.29, 1.82) is 0 Å². The first kappa shape index (κ1) is 15.0. The van der Waals surface area contributed by atoms with Crippen molar-refractivity contribution in [3.05, 3.63) is 35.9 Å².